The number of nitrogens with two attached hydrogens (primary N) is 1. The molecule has 1 unspecified atom stereocenters. The Morgan fingerprint density at radius 1 is 1.61 bits per heavy atom. The maximum absolute atomic E-state index is 13.2. The number of benzene rings is 1. The molecule has 2 N–H and O–H groups in total. The largest absolute Gasteiger partial charge is 0.370 e. The molecular weight excluding hydrogens is 259 g/mol. The average Bonchev–Trinajstić information content (AvgIpc) is 2.73. The summed E-state index contributed by atoms with van der Waals surface area (Å²) < 4.78 is 18.2. The van der Waals surface area contributed by atoms with Crippen molar-refractivity contribution in [3.05, 3.63) is 29.6 Å². The highest BCUT2D eigenvalue weighted by Gasteiger charge is 2.29. The number of amides is 1. The second kappa shape index (κ2) is 6.13. The lowest BCUT2D eigenvalue weighted by atomic mass is 10.1. The number of fused-ring (bicyclic) bond motifs is 1. The molecule has 0 aliphatic carbocycles. The topological polar surface area (TPSA) is 55.6 Å². The van der Waals surface area contributed by atoms with Crippen molar-refractivity contribution in [1.29, 1.82) is 0 Å². The van der Waals surface area contributed by atoms with Crippen molar-refractivity contribution < 1.29 is 13.9 Å². The molecule has 1 amide bonds. The van der Waals surface area contributed by atoms with E-state index in [1.807, 2.05) is 0 Å². The van der Waals surface area contributed by atoms with Gasteiger partial charge in [0.2, 0.25) is 0 Å². The molecule has 2 rings (SSSR count). The van der Waals surface area contributed by atoms with E-state index in [0.717, 1.165) is 12.0 Å². The summed E-state index contributed by atoms with van der Waals surface area (Å²) in [7, 11) is 1.44. The molecule has 0 aromatic heterocycles. The summed E-state index contributed by atoms with van der Waals surface area (Å²) in [5, 5.41) is 0. The van der Waals surface area contributed by atoms with Crippen LogP contribution in [0.2, 0.25) is 0 Å². The fourth-order valence-corrected chi connectivity index (χ4v) is 2.05. The van der Waals surface area contributed by atoms with Crippen LogP contribution < -0.4 is 10.6 Å². The van der Waals surface area contributed by atoms with E-state index in [-0.39, 0.29) is 30.7 Å². The minimum Gasteiger partial charge on any atom is -0.370 e. The van der Waals surface area contributed by atoms with Gasteiger partial charge in [0.1, 0.15) is 11.9 Å². The molecule has 100 valence electrons. The molecule has 4 nitrogen and oxygen atoms in total. The molecular formula is C12H16ClFN2O2. The SMILES string of the molecule is COC(CN)C(=O)N1CCc2ccc(F)cc21.Cl. The van der Waals surface area contributed by atoms with Crippen molar-refractivity contribution in [2.24, 2.45) is 5.73 Å². The van der Waals surface area contributed by atoms with Gasteiger partial charge in [-0.2, -0.15) is 0 Å². The zero-order valence-electron chi connectivity index (χ0n) is 10.1. The minimum absolute atomic E-state index is 0. The fourth-order valence-electron chi connectivity index (χ4n) is 2.05. The number of hydrogen-bond donors (Lipinski definition) is 1. The fraction of sp³-hybridized carbons (Fsp3) is 0.417. The summed E-state index contributed by atoms with van der Waals surface area (Å²) in [6.45, 7) is 0.675. The van der Waals surface area contributed by atoms with Crippen molar-refractivity contribution in [2.45, 2.75) is 12.5 Å². The summed E-state index contributed by atoms with van der Waals surface area (Å²) in [5.74, 6) is -0.551. The standard InChI is InChI=1S/C12H15FN2O2.ClH/c1-17-11(7-14)12(16)15-5-4-8-2-3-9(13)6-10(8)15;/h2-3,6,11H,4-5,7,14H2,1H3;1H. The van der Waals surface area contributed by atoms with Crippen molar-refractivity contribution in [1.82, 2.24) is 0 Å². The van der Waals surface area contributed by atoms with Gasteiger partial charge in [0.05, 0.1) is 0 Å². The van der Waals surface area contributed by atoms with Crippen molar-refractivity contribution in [3.63, 3.8) is 0 Å². The van der Waals surface area contributed by atoms with E-state index in [1.54, 1.807) is 11.0 Å². The van der Waals surface area contributed by atoms with E-state index in [1.165, 1.54) is 19.2 Å². The molecule has 1 atom stereocenters. The summed E-state index contributed by atoms with van der Waals surface area (Å²) in [5.41, 5.74) is 7.06. The van der Waals surface area contributed by atoms with Crippen LogP contribution in [0.3, 0.4) is 0 Å². The van der Waals surface area contributed by atoms with E-state index >= 15 is 0 Å². The average molecular weight is 275 g/mol. The first kappa shape index (κ1) is 14.9. The molecule has 0 saturated heterocycles. The number of carbonyl (C=O) groups is 1. The number of halogens is 2. The Morgan fingerprint density at radius 2 is 2.33 bits per heavy atom. The van der Waals surface area contributed by atoms with Crippen LogP contribution in [0.15, 0.2) is 18.2 Å². The van der Waals surface area contributed by atoms with Gasteiger partial charge in [0.15, 0.2) is 0 Å². The lowest BCUT2D eigenvalue weighted by molar-refractivity contribution is -0.127. The van der Waals surface area contributed by atoms with Crippen LogP contribution in [-0.2, 0) is 16.0 Å². The van der Waals surface area contributed by atoms with E-state index in [9.17, 15) is 9.18 Å². The smallest absolute Gasteiger partial charge is 0.257 e. The molecule has 1 heterocycles. The Labute approximate surface area is 111 Å². The molecule has 6 heteroatoms. The third kappa shape index (κ3) is 2.63. The molecule has 0 fully saturated rings. The number of methoxy groups -OCH3 is 1. The lowest BCUT2D eigenvalue weighted by Gasteiger charge is -2.22. The minimum atomic E-state index is -0.663. The molecule has 0 saturated carbocycles. The number of anilines is 1. The van der Waals surface area contributed by atoms with Crippen LogP contribution in [0.25, 0.3) is 0 Å². The van der Waals surface area contributed by atoms with Crippen LogP contribution in [-0.4, -0.2) is 32.2 Å². The molecule has 1 aromatic rings. The monoisotopic (exact) mass is 274 g/mol. The molecule has 0 radical (unpaired) electrons. The van der Waals surface area contributed by atoms with E-state index in [2.05, 4.69) is 0 Å². The normalized spacial score (nSPS) is 14.9. The zero-order chi connectivity index (χ0) is 12.4. The first-order valence-corrected chi connectivity index (χ1v) is 5.50. The van der Waals surface area contributed by atoms with Gasteiger partial charge in [-0.1, -0.05) is 6.07 Å². The summed E-state index contributed by atoms with van der Waals surface area (Å²) >= 11 is 0. The van der Waals surface area contributed by atoms with Crippen LogP contribution in [0.4, 0.5) is 10.1 Å². The number of nitrogens with zero attached hydrogens (tertiary/aromatic N) is 1. The summed E-state index contributed by atoms with van der Waals surface area (Å²) in [6, 6.07) is 4.50. The van der Waals surface area contributed by atoms with Gasteiger partial charge in [-0.25, -0.2) is 4.39 Å². The molecule has 1 aliphatic heterocycles. The Hall–Kier alpha value is -1.17. The van der Waals surface area contributed by atoms with Gasteiger partial charge in [-0.3, -0.25) is 4.79 Å². The van der Waals surface area contributed by atoms with Crippen molar-refractivity contribution in [3.8, 4) is 0 Å². The Morgan fingerprint density at radius 3 is 2.94 bits per heavy atom. The quantitative estimate of drug-likeness (QED) is 0.898. The van der Waals surface area contributed by atoms with Gasteiger partial charge < -0.3 is 15.4 Å². The Kier molecular flexibility index (Phi) is 5.07. The predicted octanol–water partition coefficient (Wildman–Crippen LogP) is 1.11. The summed E-state index contributed by atoms with van der Waals surface area (Å²) in [6.07, 6.45) is 0.0757. The number of carbonyl (C=O) groups excluding carboxylic acids is 1. The maximum Gasteiger partial charge on any atom is 0.257 e. The van der Waals surface area contributed by atoms with Gasteiger partial charge in [-0.05, 0) is 24.1 Å². The third-order valence-corrected chi connectivity index (χ3v) is 2.98. The van der Waals surface area contributed by atoms with Crippen LogP contribution in [0, 0.1) is 5.82 Å². The second-order valence-corrected chi connectivity index (χ2v) is 3.97. The highest BCUT2D eigenvalue weighted by Crippen LogP contribution is 2.29. The second-order valence-electron chi connectivity index (χ2n) is 3.97. The highest BCUT2D eigenvalue weighted by atomic mass is 35.5. The lowest BCUT2D eigenvalue weighted by Crippen LogP contribution is -2.43. The van der Waals surface area contributed by atoms with E-state index < -0.39 is 6.10 Å². The van der Waals surface area contributed by atoms with Gasteiger partial charge in [-0.15, -0.1) is 12.4 Å². The van der Waals surface area contributed by atoms with Crippen LogP contribution >= 0.6 is 12.4 Å². The van der Waals surface area contributed by atoms with E-state index in [0.29, 0.717) is 12.2 Å². The number of rotatable bonds is 3. The Bertz CT molecular complexity index is 438. The van der Waals surface area contributed by atoms with E-state index in [4.69, 9.17) is 10.5 Å². The maximum atomic E-state index is 13.2. The molecule has 1 aliphatic rings. The highest BCUT2D eigenvalue weighted by molar-refractivity contribution is 5.98. The first-order valence-electron chi connectivity index (χ1n) is 5.50. The predicted molar refractivity (Wildman–Crippen MR) is 69.6 cm³/mol. The van der Waals surface area contributed by atoms with Gasteiger partial charge >= 0.3 is 0 Å². The van der Waals surface area contributed by atoms with Crippen LogP contribution in [0.1, 0.15) is 5.56 Å². The zero-order valence-corrected chi connectivity index (χ0v) is 10.9. The number of hydrogen-bond acceptors (Lipinski definition) is 3. The van der Waals surface area contributed by atoms with Crippen LogP contribution in [0.5, 0.6) is 0 Å². The summed E-state index contributed by atoms with van der Waals surface area (Å²) in [4.78, 5) is 13.6. The molecule has 1 aromatic carbocycles. The molecule has 0 bridgehead atoms. The van der Waals surface area contributed by atoms with Gasteiger partial charge in [0, 0.05) is 25.9 Å². The molecule has 18 heavy (non-hydrogen) atoms. The van der Waals surface area contributed by atoms with Crippen molar-refractivity contribution in [2.75, 3.05) is 25.1 Å². The number of ether oxygens (including phenoxy) is 1. The molecule has 0 spiro atoms. The van der Waals surface area contributed by atoms with Crippen molar-refractivity contribution >= 4 is 24.0 Å². The Balaban J connectivity index is 0.00000162. The third-order valence-electron chi connectivity index (χ3n) is 2.98. The first-order chi connectivity index (χ1) is 8.17. The van der Waals surface area contributed by atoms with Gasteiger partial charge in [0.25, 0.3) is 5.91 Å².